The molecule has 0 bridgehead atoms. The summed E-state index contributed by atoms with van der Waals surface area (Å²) in [6.45, 7) is 2.47. The van der Waals surface area contributed by atoms with E-state index in [4.69, 9.17) is 0 Å². The van der Waals surface area contributed by atoms with E-state index in [0.29, 0.717) is 0 Å². The number of thiophene rings is 1. The van der Waals surface area contributed by atoms with E-state index in [9.17, 15) is 0 Å². The Balaban J connectivity index is 1.09. The predicted octanol–water partition coefficient (Wildman–Crippen LogP) is 18.9. The van der Waals surface area contributed by atoms with Crippen LogP contribution in [0.1, 0.15) is 23.6 Å². The van der Waals surface area contributed by atoms with E-state index in [1.54, 1.807) is 0 Å². The summed E-state index contributed by atoms with van der Waals surface area (Å²) < 4.78 is 5.14. The van der Waals surface area contributed by atoms with Crippen LogP contribution in [0.5, 0.6) is 0 Å². The molecular formula is C68H44N2S. The van der Waals surface area contributed by atoms with Crippen molar-refractivity contribution < 1.29 is 0 Å². The highest BCUT2D eigenvalue weighted by atomic mass is 32.1. The maximum atomic E-state index is 2.60. The van der Waals surface area contributed by atoms with Gasteiger partial charge >= 0.3 is 0 Å². The summed E-state index contributed by atoms with van der Waals surface area (Å²) >= 11 is 1.87. The lowest BCUT2D eigenvalue weighted by Crippen LogP contribution is -2.23. The summed E-state index contributed by atoms with van der Waals surface area (Å²) in [5, 5.41) is 5.07. The number of hydrogen-bond acceptors (Lipinski definition) is 2. The molecule has 1 atom stereocenters. The van der Waals surface area contributed by atoms with Crippen molar-refractivity contribution in [2.75, 3.05) is 4.90 Å². The van der Waals surface area contributed by atoms with Crippen molar-refractivity contribution >= 4 is 70.4 Å². The molecule has 0 saturated heterocycles. The normalized spacial score (nSPS) is 14.3. The Labute approximate surface area is 416 Å². The maximum absolute atomic E-state index is 2.60. The molecule has 0 spiro atoms. The topological polar surface area (TPSA) is 8.17 Å². The molecule has 11 aromatic carbocycles. The monoisotopic (exact) mass is 920 g/mol. The van der Waals surface area contributed by atoms with Crippen molar-refractivity contribution in [1.29, 1.82) is 0 Å². The van der Waals surface area contributed by atoms with Crippen LogP contribution in [0.25, 0.3) is 103 Å². The van der Waals surface area contributed by atoms with Crippen molar-refractivity contribution in [2.45, 2.75) is 12.3 Å². The van der Waals surface area contributed by atoms with Crippen molar-refractivity contribution in [1.82, 2.24) is 4.57 Å². The third-order valence-electron chi connectivity index (χ3n) is 15.6. The maximum Gasteiger partial charge on any atom is 0.0623 e. The van der Waals surface area contributed by atoms with Gasteiger partial charge in [-0.3, -0.25) is 0 Å². The molecule has 0 amide bonds. The zero-order chi connectivity index (χ0) is 46.8. The second-order valence-electron chi connectivity index (χ2n) is 19.3. The molecule has 2 aromatic heterocycles. The summed E-state index contributed by atoms with van der Waals surface area (Å²) in [5.74, 6) is 0. The van der Waals surface area contributed by atoms with Crippen molar-refractivity contribution in [3.8, 4) is 61.3 Å². The van der Waals surface area contributed by atoms with E-state index in [1.807, 2.05) is 11.3 Å². The molecule has 0 fully saturated rings. The number of aromatic nitrogens is 1. The Morgan fingerprint density at radius 1 is 0.394 bits per heavy atom. The average molecular weight is 921 g/mol. The van der Waals surface area contributed by atoms with Gasteiger partial charge in [0.1, 0.15) is 0 Å². The standard InChI is InChI=1S/C68H44N2S/c1-68(47-26-17-25-46(41-47)43-19-5-2-6-20-43)55-39-40-60(64-52-28-12-15-31-58(52)70-57-30-14-11-27-50(57)51-37-38-56(68)66(65(55)64)67(51)70)69(59-32-18-34-62-63(59)53-29-13-16-33-61(53)71-62)48-35-36-49(44-21-7-3-8-22-44)54(42-48)45-23-9-4-10-24-45/h2-42H,1H3. The van der Waals surface area contributed by atoms with Crippen LogP contribution in [0.3, 0.4) is 0 Å². The van der Waals surface area contributed by atoms with Crippen molar-refractivity contribution in [3.63, 3.8) is 0 Å². The highest BCUT2D eigenvalue weighted by Gasteiger charge is 2.46. The minimum absolute atomic E-state index is 0.475. The number of rotatable bonds is 7. The molecule has 13 aromatic rings. The van der Waals surface area contributed by atoms with E-state index in [1.165, 1.54) is 120 Å². The fraction of sp³-hybridized carbons (Fsp3) is 0.0294. The smallest absolute Gasteiger partial charge is 0.0623 e. The van der Waals surface area contributed by atoms with Gasteiger partial charge in [-0.15, -0.1) is 11.3 Å². The van der Waals surface area contributed by atoms with Crippen LogP contribution in [0.4, 0.5) is 17.1 Å². The first-order valence-electron chi connectivity index (χ1n) is 24.6. The lowest BCUT2D eigenvalue weighted by molar-refractivity contribution is 0.714. The Hall–Kier alpha value is -8.76. The number of anilines is 3. The van der Waals surface area contributed by atoms with E-state index < -0.39 is 5.41 Å². The van der Waals surface area contributed by atoms with Gasteiger partial charge in [0.2, 0.25) is 0 Å². The zero-order valence-corrected chi connectivity index (χ0v) is 39.8. The van der Waals surface area contributed by atoms with Crippen LogP contribution in [0.15, 0.2) is 249 Å². The van der Waals surface area contributed by atoms with Gasteiger partial charge < -0.3 is 9.47 Å². The summed E-state index contributed by atoms with van der Waals surface area (Å²) in [6, 6.07) is 92.8. The SMILES string of the molecule is CC1(c2cccc(-c3ccccc3)c2)c2ccc(N(c3ccc(-c4ccccc4)c(-c4ccccc4)c3)c3cccc4sc5ccccc5c34)c3c2-c2c1ccc1c4ccccc4n(c21)-c1ccccc1-3. The minimum Gasteiger partial charge on any atom is -0.309 e. The highest BCUT2D eigenvalue weighted by Crippen LogP contribution is 2.63. The Morgan fingerprint density at radius 2 is 1.03 bits per heavy atom. The summed E-state index contributed by atoms with van der Waals surface area (Å²) in [7, 11) is 0. The van der Waals surface area contributed by atoms with Gasteiger partial charge in [-0.25, -0.2) is 0 Å². The lowest BCUT2D eigenvalue weighted by Gasteiger charge is -2.33. The molecule has 2 aliphatic rings. The van der Waals surface area contributed by atoms with E-state index >= 15 is 0 Å². The predicted molar refractivity (Wildman–Crippen MR) is 301 cm³/mol. The second-order valence-corrected chi connectivity index (χ2v) is 20.3. The molecule has 0 saturated carbocycles. The fourth-order valence-electron chi connectivity index (χ4n) is 12.4. The Bertz CT molecular complexity index is 4300. The fourth-order valence-corrected chi connectivity index (χ4v) is 13.6. The molecule has 3 heteroatoms. The molecule has 3 heterocycles. The van der Waals surface area contributed by atoms with Gasteiger partial charge in [-0.1, -0.05) is 194 Å². The van der Waals surface area contributed by atoms with Gasteiger partial charge in [0.15, 0.2) is 0 Å². The van der Waals surface area contributed by atoms with Crippen LogP contribution in [0, 0.1) is 0 Å². The molecule has 1 aliphatic heterocycles. The van der Waals surface area contributed by atoms with Gasteiger partial charge in [-0.2, -0.15) is 0 Å². The first kappa shape index (κ1) is 40.2. The molecule has 1 aliphatic carbocycles. The average Bonchev–Trinajstić information content (AvgIpc) is 4.05. The Kier molecular flexibility index (Phi) is 8.69. The quantitative estimate of drug-likeness (QED) is 0.155. The largest absolute Gasteiger partial charge is 0.309 e. The van der Waals surface area contributed by atoms with Gasteiger partial charge in [-0.05, 0) is 117 Å². The first-order chi connectivity index (χ1) is 35.1. The van der Waals surface area contributed by atoms with Crippen molar-refractivity contribution in [3.05, 3.63) is 265 Å². The van der Waals surface area contributed by atoms with Gasteiger partial charge in [0.25, 0.3) is 0 Å². The number of nitrogens with zero attached hydrogens (tertiary/aromatic N) is 2. The van der Waals surface area contributed by atoms with Crippen LogP contribution in [-0.2, 0) is 5.41 Å². The summed E-state index contributed by atoms with van der Waals surface area (Å²) in [5.41, 5.74) is 22.8. The van der Waals surface area contributed by atoms with Crippen LogP contribution in [0.2, 0.25) is 0 Å². The number of para-hydroxylation sites is 2. The lowest BCUT2D eigenvalue weighted by atomic mass is 9.73. The molecular weight excluding hydrogens is 877 g/mol. The van der Waals surface area contributed by atoms with E-state index in [2.05, 4.69) is 265 Å². The van der Waals surface area contributed by atoms with Crippen LogP contribution < -0.4 is 4.90 Å². The number of benzene rings is 11. The molecule has 2 nitrogen and oxygen atoms in total. The van der Waals surface area contributed by atoms with Crippen LogP contribution in [-0.4, -0.2) is 4.57 Å². The molecule has 332 valence electrons. The third-order valence-corrected chi connectivity index (χ3v) is 16.7. The second kappa shape index (κ2) is 15.4. The van der Waals surface area contributed by atoms with Gasteiger partial charge in [0.05, 0.1) is 28.1 Å². The molecule has 0 radical (unpaired) electrons. The Morgan fingerprint density at radius 3 is 1.85 bits per heavy atom. The molecule has 1 unspecified atom stereocenters. The third kappa shape index (κ3) is 5.76. The molecule has 15 rings (SSSR count). The highest BCUT2D eigenvalue weighted by molar-refractivity contribution is 7.26. The van der Waals surface area contributed by atoms with E-state index in [0.717, 1.165) is 17.1 Å². The zero-order valence-electron chi connectivity index (χ0n) is 39.0. The summed E-state index contributed by atoms with van der Waals surface area (Å²) in [4.78, 5) is 2.60. The van der Waals surface area contributed by atoms with Crippen molar-refractivity contribution in [2.24, 2.45) is 0 Å². The van der Waals surface area contributed by atoms with E-state index in [-0.39, 0.29) is 0 Å². The van der Waals surface area contributed by atoms with Crippen LogP contribution >= 0.6 is 11.3 Å². The number of hydrogen-bond donors (Lipinski definition) is 0. The number of fused-ring (bicyclic) bond motifs is 9. The summed E-state index contributed by atoms with van der Waals surface area (Å²) in [6.07, 6.45) is 0. The van der Waals surface area contributed by atoms with Gasteiger partial charge in [0, 0.05) is 58.7 Å². The molecule has 71 heavy (non-hydrogen) atoms. The molecule has 0 N–H and O–H groups in total. The minimum atomic E-state index is -0.475. The first-order valence-corrected chi connectivity index (χ1v) is 25.4.